The van der Waals surface area contributed by atoms with Gasteiger partial charge >= 0.3 is 5.97 Å². The van der Waals surface area contributed by atoms with E-state index < -0.39 is 5.97 Å². The molecule has 1 aliphatic heterocycles. The van der Waals surface area contributed by atoms with Crippen LogP contribution in [0.4, 0.5) is 0 Å². The molecule has 0 aliphatic carbocycles. The van der Waals surface area contributed by atoms with E-state index in [0.29, 0.717) is 22.9 Å². The number of rotatable bonds is 5. The molecule has 2 aromatic rings. The number of methoxy groups -OCH3 is 1. The van der Waals surface area contributed by atoms with E-state index in [1.807, 2.05) is 31.2 Å². The number of nitrogens with zero attached hydrogens (tertiary/aromatic N) is 1. The third-order valence-corrected chi connectivity index (χ3v) is 3.74. The highest BCUT2D eigenvalue weighted by atomic mass is 35.5. The molecular formula is C19H16ClNO4. The van der Waals surface area contributed by atoms with Gasteiger partial charge in [0.2, 0.25) is 5.90 Å². The molecule has 0 unspecified atom stereocenters. The van der Waals surface area contributed by atoms with Gasteiger partial charge in [-0.05, 0) is 48.9 Å². The first kappa shape index (κ1) is 17.0. The van der Waals surface area contributed by atoms with E-state index in [4.69, 9.17) is 25.8 Å². The number of hydrogen-bond acceptors (Lipinski definition) is 5. The number of ether oxygens (including phenoxy) is 3. The number of carbonyl (C=O) groups is 1. The van der Waals surface area contributed by atoms with Crippen LogP contribution in [-0.2, 0) is 9.53 Å². The van der Waals surface area contributed by atoms with Crippen LogP contribution in [-0.4, -0.2) is 25.6 Å². The van der Waals surface area contributed by atoms with E-state index in [-0.39, 0.29) is 11.6 Å². The number of aliphatic imine (C=N–C) groups is 1. The van der Waals surface area contributed by atoms with Gasteiger partial charge in [0.25, 0.3) is 0 Å². The molecule has 0 bridgehead atoms. The molecule has 0 aromatic heterocycles. The van der Waals surface area contributed by atoms with Crippen molar-refractivity contribution in [2.24, 2.45) is 4.99 Å². The zero-order valence-corrected chi connectivity index (χ0v) is 14.5. The highest BCUT2D eigenvalue weighted by Crippen LogP contribution is 2.28. The zero-order chi connectivity index (χ0) is 17.8. The summed E-state index contributed by atoms with van der Waals surface area (Å²) in [6.07, 6.45) is 1.65. The molecule has 2 aromatic carbocycles. The molecule has 0 atom stereocenters. The van der Waals surface area contributed by atoms with Gasteiger partial charge in [0, 0.05) is 5.02 Å². The maximum absolute atomic E-state index is 12.1. The fourth-order valence-corrected chi connectivity index (χ4v) is 2.53. The van der Waals surface area contributed by atoms with Gasteiger partial charge in [-0.15, -0.1) is 0 Å². The van der Waals surface area contributed by atoms with Gasteiger partial charge in [-0.2, -0.15) is 0 Å². The topological polar surface area (TPSA) is 57.1 Å². The Morgan fingerprint density at radius 1 is 1.20 bits per heavy atom. The van der Waals surface area contributed by atoms with Crippen LogP contribution >= 0.6 is 11.6 Å². The van der Waals surface area contributed by atoms with Gasteiger partial charge in [0.1, 0.15) is 11.5 Å². The second kappa shape index (κ2) is 7.40. The van der Waals surface area contributed by atoms with E-state index >= 15 is 0 Å². The average Bonchev–Trinajstić information content (AvgIpc) is 2.97. The van der Waals surface area contributed by atoms with Crippen molar-refractivity contribution < 1.29 is 19.0 Å². The summed E-state index contributed by atoms with van der Waals surface area (Å²) >= 11 is 6.02. The van der Waals surface area contributed by atoms with Crippen LogP contribution in [0.15, 0.2) is 53.2 Å². The third kappa shape index (κ3) is 3.83. The Labute approximate surface area is 150 Å². The van der Waals surface area contributed by atoms with Crippen molar-refractivity contribution >= 4 is 29.5 Å². The molecule has 6 heteroatoms. The molecule has 0 N–H and O–H groups in total. The zero-order valence-electron chi connectivity index (χ0n) is 13.8. The van der Waals surface area contributed by atoms with Crippen LogP contribution in [0.1, 0.15) is 18.1 Å². The van der Waals surface area contributed by atoms with Crippen molar-refractivity contribution in [3.05, 3.63) is 64.3 Å². The molecule has 3 rings (SSSR count). The summed E-state index contributed by atoms with van der Waals surface area (Å²) in [5, 5.41) is 0.499. The molecular weight excluding hydrogens is 342 g/mol. The first-order valence-corrected chi connectivity index (χ1v) is 8.08. The lowest BCUT2D eigenvalue weighted by Gasteiger charge is -2.07. The van der Waals surface area contributed by atoms with E-state index in [1.165, 1.54) is 7.11 Å². The quantitative estimate of drug-likeness (QED) is 0.597. The highest BCUT2D eigenvalue weighted by molar-refractivity contribution is 6.31. The highest BCUT2D eigenvalue weighted by Gasteiger charge is 2.26. The summed E-state index contributed by atoms with van der Waals surface area (Å²) in [7, 11) is 1.53. The maximum Gasteiger partial charge on any atom is 0.363 e. The minimum Gasteiger partial charge on any atom is -0.496 e. The lowest BCUT2D eigenvalue weighted by molar-refractivity contribution is -0.129. The summed E-state index contributed by atoms with van der Waals surface area (Å²) in [6.45, 7) is 2.52. The molecule has 128 valence electrons. The Balaban J connectivity index is 1.91. The van der Waals surface area contributed by atoms with E-state index in [0.717, 1.165) is 11.3 Å². The number of benzene rings is 2. The van der Waals surface area contributed by atoms with Gasteiger partial charge in [-0.1, -0.05) is 23.7 Å². The SMILES string of the molecule is CCOc1ccc(C=C2N=C(c3cc(Cl)ccc3OC)OC2=O)cc1. The van der Waals surface area contributed by atoms with E-state index in [2.05, 4.69) is 4.99 Å². The fourth-order valence-electron chi connectivity index (χ4n) is 2.36. The molecule has 0 saturated carbocycles. The monoisotopic (exact) mass is 357 g/mol. The molecule has 1 heterocycles. The number of cyclic esters (lactones) is 1. The predicted octanol–water partition coefficient (Wildman–Crippen LogP) is 4.09. The van der Waals surface area contributed by atoms with Crippen LogP contribution in [0.25, 0.3) is 6.08 Å². The summed E-state index contributed by atoms with van der Waals surface area (Å²) < 4.78 is 15.9. The molecule has 0 fully saturated rings. The molecule has 1 aliphatic rings. The first-order chi connectivity index (χ1) is 12.1. The number of hydrogen-bond donors (Lipinski definition) is 0. The summed E-state index contributed by atoms with van der Waals surface area (Å²) in [5.41, 5.74) is 1.55. The number of esters is 1. The Morgan fingerprint density at radius 3 is 2.64 bits per heavy atom. The summed E-state index contributed by atoms with van der Waals surface area (Å²) in [4.78, 5) is 16.4. The molecule has 5 nitrogen and oxygen atoms in total. The van der Waals surface area contributed by atoms with Crippen LogP contribution in [0, 0.1) is 0 Å². The minimum atomic E-state index is -0.522. The van der Waals surface area contributed by atoms with Crippen molar-refractivity contribution in [1.29, 1.82) is 0 Å². The van der Waals surface area contributed by atoms with Gasteiger partial charge in [0.05, 0.1) is 19.3 Å². The summed E-state index contributed by atoms with van der Waals surface area (Å²) in [6, 6.07) is 12.4. The van der Waals surface area contributed by atoms with Gasteiger partial charge < -0.3 is 14.2 Å². The average molecular weight is 358 g/mol. The standard InChI is InChI=1S/C19H16ClNO4/c1-3-24-14-7-4-12(5-8-14)10-16-19(22)25-18(21-16)15-11-13(20)6-9-17(15)23-2/h4-11H,3H2,1-2H3. The Kier molecular flexibility index (Phi) is 5.05. The third-order valence-electron chi connectivity index (χ3n) is 3.51. The van der Waals surface area contributed by atoms with Crippen molar-refractivity contribution in [2.45, 2.75) is 6.92 Å². The second-order valence-electron chi connectivity index (χ2n) is 5.18. The van der Waals surface area contributed by atoms with Crippen LogP contribution in [0.3, 0.4) is 0 Å². The molecule has 0 saturated heterocycles. The van der Waals surface area contributed by atoms with Crippen molar-refractivity contribution in [3.63, 3.8) is 0 Å². The van der Waals surface area contributed by atoms with Crippen molar-refractivity contribution in [2.75, 3.05) is 13.7 Å². The molecule has 0 amide bonds. The Morgan fingerprint density at radius 2 is 1.96 bits per heavy atom. The number of halogens is 1. The largest absolute Gasteiger partial charge is 0.496 e. The second-order valence-corrected chi connectivity index (χ2v) is 5.62. The van der Waals surface area contributed by atoms with E-state index in [1.54, 1.807) is 24.3 Å². The summed E-state index contributed by atoms with van der Waals surface area (Å²) in [5.74, 6) is 0.942. The Hall–Kier alpha value is -2.79. The van der Waals surface area contributed by atoms with Crippen LogP contribution in [0.5, 0.6) is 11.5 Å². The smallest absolute Gasteiger partial charge is 0.363 e. The molecule has 0 radical (unpaired) electrons. The predicted molar refractivity (Wildman–Crippen MR) is 96.2 cm³/mol. The number of carbonyl (C=O) groups excluding carboxylic acids is 1. The van der Waals surface area contributed by atoms with Crippen molar-refractivity contribution in [3.8, 4) is 11.5 Å². The van der Waals surface area contributed by atoms with E-state index in [9.17, 15) is 4.79 Å². The van der Waals surface area contributed by atoms with Crippen LogP contribution in [0.2, 0.25) is 5.02 Å². The minimum absolute atomic E-state index is 0.168. The first-order valence-electron chi connectivity index (χ1n) is 7.70. The van der Waals surface area contributed by atoms with Gasteiger partial charge in [-0.25, -0.2) is 9.79 Å². The lowest BCUT2D eigenvalue weighted by atomic mass is 10.2. The van der Waals surface area contributed by atoms with Gasteiger partial charge in [-0.3, -0.25) is 0 Å². The maximum atomic E-state index is 12.1. The van der Waals surface area contributed by atoms with Gasteiger partial charge in [0.15, 0.2) is 5.70 Å². The normalized spacial score (nSPS) is 15.1. The molecule has 25 heavy (non-hydrogen) atoms. The lowest BCUT2D eigenvalue weighted by Crippen LogP contribution is -2.07. The molecule has 0 spiro atoms. The van der Waals surface area contributed by atoms with Crippen LogP contribution < -0.4 is 9.47 Å². The van der Waals surface area contributed by atoms with Crippen molar-refractivity contribution in [1.82, 2.24) is 0 Å². The fraction of sp³-hybridized carbons (Fsp3) is 0.158. The Bertz CT molecular complexity index is 856.